The summed E-state index contributed by atoms with van der Waals surface area (Å²) in [5.41, 5.74) is 0.281. The van der Waals surface area contributed by atoms with Crippen LogP contribution in [-0.4, -0.2) is 0 Å². The fraction of sp³-hybridized carbons (Fsp3) is 0.133. The van der Waals surface area contributed by atoms with Crippen molar-refractivity contribution in [2.75, 3.05) is 5.32 Å². The Labute approximate surface area is 118 Å². The summed E-state index contributed by atoms with van der Waals surface area (Å²) in [6.07, 6.45) is -4.58. The highest BCUT2D eigenvalue weighted by Crippen LogP contribution is 2.30. The maximum absolute atomic E-state index is 13.2. The molecule has 2 aromatic rings. The third-order valence-corrected chi connectivity index (χ3v) is 2.80. The SMILES string of the molecule is N#Cc1ccc(NCc2cc(F)cc(C(F)(F)F)c2)cc1. The second-order valence-corrected chi connectivity index (χ2v) is 4.39. The zero-order chi connectivity index (χ0) is 15.5. The first kappa shape index (κ1) is 14.9. The minimum Gasteiger partial charge on any atom is -0.381 e. The van der Waals surface area contributed by atoms with E-state index in [-0.39, 0.29) is 12.1 Å². The number of hydrogen-bond donors (Lipinski definition) is 1. The topological polar surface area (TPSA) is 35.8 Å². The monoisotopic (exact) mass is 294 g/mol. The Morgan fingerprint density at radius 2 is 1.71 bits per heavy atom. The number of halogens is 4. The summed E-state index contributed by atoms with van der Waals surface area (Å²) in [4.78, 5) is 0. The lowest BCUT2D eigenvalue weighted by Gasteiger charge is -2.11. The van der Waals surface area contributed by atoms with E-state index in [0.717, 1.165) is 12.1 Å². The highest BCUT2D eigenvalue weighted by atomic mass is 19.4. The number of anilines is 1. The van der Waals surface area contributed by atoms with Gasteiger partial charge in [-0.2, -0.15) is 18.4 Å². The Morgan fingerprint density at radius 1 is 1.05 bits per heavy atom. The first-order valence-corrected chi connectivity index (χ1v) is 5.99. The molecule has 0 spiro atoms. The van der Waals surface area contributed by atoms with Gasteiger partial charge >= 0.3 is 6.18 Å². The molecule has 108 valence electrons. The van der Waals surface area contributed by atoms with Crippen molar-refractivity contribution in [3.05, 3.63) is 65.0 Å². The summed E-state index contributed by atoms with van der Waals surface area (Å²) in [5, 5.41) is 11.5. The van der Waals surface area contributed by atoms with Gasteiger partial charge in [-0.15, -0.1) is 0 Å². The fourth-order valence-corrected chi connectivity index (χ4v) is 1.78. The third-order valence-electron chi connectivity index (χ3n) is 2.80. The van der Waals surface area contributed by atoms with Crippen LogP contribution >= 0.6 is 0 Å². The molecule has 0 radical (unpaired) electrons. The Balaban J connectivity index is 2.12. The molecule has 0 aliphatic heterocycles. The van der Waals surface area contributed by atoms with Gasteiger partial charge in [0, 0.05) is 12.2 Å². The van der Waals surface area contributed by atoms with Crippen molar-refractivity contribution < 1.29 is 17.6 Å². The Bertz CT molecular complexity index is 670. The van der Waals surface area contributed by atoms with E-state index in [1.807, 2.05) is 6.07 Å². The lowest BCUT2D eigenvalue weighted by Crippen LogP contribution is -2.08. The van der Waals surface area contributed by atoms with Crippen LogP contribution in [0.4, 0.5) is 23.2 Å². The van der Waals surface area contributed by atoms with Gasteiger partial charge in [0.2, 0.25) is 0 Å². The summed E-state index contributed by atoms with van der Waals surface area (Å²) >= 11 is 0. The molecule has 0 unspecified atom stereocenters. The third kappa shape index (κ3) is 3.96. The summed E-state index contributed by atoms with van der Waals surface area (Å²) in [6.45, 7) is 0.0484. The van der Waals surface area contributed by atoms with Gasteiger partial charge in [-0.05, 0) is 48.0 Å². The highest BCUT2D eigenvalue weighted by Gasteiger charge is 2.31. The van der Waals surface area contributed by atoms with E-state index in [2.05, 4.69) is 5.32 Å². The fourth-order valence-electron chi connectivity index (χ4n) is 1.78. The quantitative estimate of drug-likeness (QED) is 0.855. The summed E-state index contributed by atoms with van der Waals surface area (Å²) < 4.78 is 50.9. The molecule has 0 fully saturated rings. The Hall–Kier alpha value is -2.55. The van der Waals surface area contributed by atoms with E-state index >= 15 is 0 Å². The van der Waals surface area contributed by atoms with E-state index in [1.54, 1.807) is 24.3 Å². The highest BCUT2D eigenvalue weighted by molar-refractivity contribution is 5.47. The van der Waals surface area contributed by atoms with Gasteiger partial charge in [-0.3, -0.25) is 0 Å². The van der Waals surface area contributed by atoms with Crippen molar-refractivity contribution in [1.29, 1.82) is 5.26 Å². The van der Waals surface area contributed by atoms with Crippen LogP contribution in [0.3, 0.4) is 0 Å². The van der Waals surface area contributed by atoms with Crippen LogP contribution < -0.4 is 5.32 Å². The van der Waals surface area contributed by atoms with Gasteiger partial charge in [-0.1, -0.05) is 0 Å². The first-order valence-electron chi connectivity index (χ1n) is 5.99. The Kier molecular flexibility index (Phi) is 4.13. The predicted octanol–water partition coefficient (Wildman–Crippen LogP) is 4.33. The van der Waals surface area contributed by atoms with Crippen LogP contribution in [0.15, 0.2) is 42.5 Å². The van der Waals surface area contributed by atoms with Gasteiger partial charge in [0.25, 0.3) is 0 Å². The number of hydrogen-bond acceptors (Lipinski definition) is 2. The maximum atomic E-state index is 13.2. The summed E-state index contributed by atoms with van der Waals surface area (Å²) in [7, 11) is 0. The zero-order valence-electron chi connectivity index (χ0n) is 10.7. The minimum absolute atomic E-state index is 0.0484. The molecule has 2 nitrogen and oxygen atoms in total. The molecule has 0 heterocycles. The molecule has 0 atom stereocenters. The van der Waals surface area contributed by atoms with Crippen molar-refractivity contribution in [3.8, 4) is 6.07 Å². The molecule has 0 aliphatic rings. The largest absolute Gasteiger partial charge is 0.416 e. The Morgan fingerprint density at radius 3 is 2.29 bits per heavy atom. The number of nitrogens with one attached hydrogen (secondary N) is 1. The van der Waals surface area contributed by atoms with E-state index in [0.29, 0.717) is 17.3 Å². The van der Waals surface area contributed by atoms with Gasteiger partial charge in [0.05, 0.1) is 17.2 Å². The summed E-state index contributed by atoms with van der Waals surface area (Å²) in [6, 6.07) is 10.8. The van der Waals surface area contributed by atoms with Crippen LogP contribution in [0.2, 0.25) is 0 Å². The van der Waals surface area contributed by atoms with E-state index < -0.39 is 17.6 Å². The molecule has 21 heavy (non-hydrogen) atoms. The number of nitriles is 1. The van der Waals surface area contributed by atoms with Gasteiger partial charge < -0.3 is 5.32 Å². The van der Waals surface area contributed by atoms with Crippen molar-refractivity contribution >= 4 is 5.69 Å². The van der Waals surface area contributed by atoms with Crippen molar-refractivity contribution in [2.24, 2.45) is 0 Å². The molecule has 1 N–H and O–H groups in total. The molecule has 2 rings (SSSR count). The number of benzene rings is 2. The second kappa shape index (κ2) is 5.83. The van der Waals surface area contributed by atoms with E-state index in [9.17, 15) is 17.6 Å². The second-order valence-electron chi connectivity index (χ2n) is 4.39. The van der Waals surface area contributed by atoms with Crippen molar-refractivity contribution in [1.82, 2.24) is 0 Å². The first-order chi connectivity index (χ1) is 9.88. The standard InChI is InChI=1S/C15H10F4N2/c16-13-6-11(5-12(7-13)15(17,18)19)9-21-14-3-1-10(8-20)2-4-14/h1-7,21H,9H2. The zero-order valence-corrected chi connectivity index (χ0v) is 10.7. The smallest absolute Gasteiger partial charge is 0.381 e. The number of nitrogens with zero attached hydrogens (tertiary/aromatic N) is 1. The van der Waals surface area contributed by atoms with Crippen molar-refractivity contribution in [2.45, 2.75) is 12.7 Å². The number of rotatable bonds is 3. The normalized spacial score (nSPS) is 11.0. The molecule has 0 saturated heterocycles. The van der Waals surface area contributed by atoms with Crippen LogP contribution in [0.25, 0.3) is 0 Å². The van der Waals surface area contributed by atoms with Gasteiger partial charge in [0.1, 0.15) is 5.82 Å². The molecule has 0 amide bonds. The van der Waals surface area contributed by atoms with Crippen molar-refractivity contribution in [3.63, 3.8) is 0 Å². The molecular weight excluding hydrogens is 284 g/mol. The minimum atomic E-state index is -4.58. The van der Waals surface area contributed by atoms with Crippen LogP contribution in [-0.2, 0) is 12.7 Å². The van der Waals surface area contributed by atoms with Crippen LogP contribution in [0.1, 0.15) is 16.7 Å². The molecule has 0 aromatic heterocycles. The lowest BCUT2D eigenvalue weighted by molar-refractivity contribution is -0.137. The predicted molar refractivity (Wildman–Crippen MR) is 69.9 cm³/mol. The average molecular weight is 294 g/mol. The molecule has 0 bridgehead atoms. The van der Waals surface area contributed by atoms with Gasteiger partial charge in [-0.25, -0.2) is 4.39 Å². The molecule has 0 saturated carbocycles. The number of alkyl halides is 3. The van der Waals surface area contributed by atoms with Crippen LogP contribution in [0.5, 0.6) is 0 Å². The van der Waals surface area contributed by atoms with Crippen LogP contribution in [0, 0.1) is 17.1 Å². The van der Waals surface area contributed by atoms with Gasteiger partial charge in [0.15, 0.2) is 0 Å². The molecule has 0 aliphatic carbocycles. The molecule has 6 heteroatoms. The van der Waals surface area contributed by atoms with E-state index in [4.69, 9.17) is 5.26 Å². The average Bonchev–Trinajstić information content (AvgIpc) is 2.44. The lowest BCUT2D eigenvalue weighted by atomic mass is 10.1. The molecule has 2 aromatic carbocycles. The molecular formula is C15H10F4N2. The van der Waals surface area contributed by atoms with E-state index in [1.165, 1.54) is 0 Å². The summed E-state index contributed by atoms with van der Waals surface area (Å²) in [5.74, 6) is -0.929. The maximum Gasteiger partial charge on any atom is 0.416 e.